The molecule has 0 aromatic heterocycles. The van der Waals surface area contributed by atoms with E-state index in [0.29, 0.717) is 6.10 Å². The fraction of sp³-hybridized carbons (Fsp3) is 0.625. The summed E-state index contributed by atoms with van der Waals surface area (Å²) in [4.78, 5) is 2.53. The van der Waals surface area contributed by atoms with Crippen LogP contribution in [0.4, 0.5) is 0 Å². The number of nitrogens with zero attached hydrogens (tertiary/aromatic N) is 1. The molecule has 0 radical (unpaired) electrons. The van der Waals surface area contributed by atoms with Gasteiger partial charge in [0.1, 0.15) is 11.9 Å². The predicted molar refractivity (Wildman–Crippen MR) is 79.2 cm³/mol. The van der Waals surface area contributed by atoms with Crippen LogP contribution >= 0.6 is 11.6 Å². The van der Waals surface area contributed by atoms with Crippen LogP contribution in [0.3, 0.4) is 0 Å². The zero-order valence-electron chi connectivity index (χ0n) is 11.6. The smallest absolute Gasteiger partial charge is 0.123 e. The topological polar surface area (TPSA) is 12.5 Å². The van der Waals surface area contributed by atoms with Gasteiger partial charge in [0.2, 0.25) is 0 Å². The van der Waals surface area contributed by atoms with Gasteiger partial charge in [0.25, 0.3) is 0 Å². The summed E-state index contributed by atoms with van der Waals surface area (Å²) < 4.78 is 6.05. The number of rotatable bonds is 3. The molecule has 2 aliphatic rings. The first-order chi connectivity index (χ1) is 9.24. The van der Waals surface area contributed by atoms with Crippen molar-refractivity contribution in [1.29, 1.82) is 0 Å². The zero-order valence-corrected chi connectivity index (χ0v) is 12.3. The van der Waals surface area contributed by atoms with Crippen LogP contribution in [0.15, 0.2) is 18.2 Å². The average molecular weight is 280 g/mol. The van der Waals surface area contributed by atoms with Crippen molar-refractivity contribution in [2.75, 3.05) is 25.5 Å². The quantitative estimate of drug-likeness (QED) is 0.788. The number of likely N-dealkylation sites (tertiary alicyclic amines) is 1. The highest BCUT2D eigenvalue weighted by atomic mass is 35.5. The van der Waals surface area contributed by atoms with Crippen LogP contribution in [0.2, 0.25) is 0 Å². The van der Waals surface area contributed by atoms with Gasteiger partial charge >= 0.3 is 0 Å². The first-order valence-corrected chi connectivity index (χ1v) is 7.82. The number of halogens is 1. The van der Waals surface area contributed by atoms with Crippen LogP contribution in [0, 0.1) is 12.8 Å². The third-order valence-corrected chi connectivity index (χ3v) is 4.78. The van der Waals surface area contributed by atoms with Crippen LogP contribution < -0.4 is 4.74 Å². The highest BCUT2D eigenvalue weighted by Crippen LogP contribution is 2.30. The van der Waals surface area contributed by atoms with E-state index in [-0.39, 0.29) is 0 Å². The number of piperidine rings is 1. The van der Waals surface area contributed by atoms with Gasteiger partial charge in [0, 0.05) is 18.8 Å². The second-order valence-electron chi connectivity index (χ2n) is 5.95. The minimum Gasteiger partial charge on any atom is -0.488 e. The number of fused-ring (bicyclic) bond motifs is 1. The molecule has 0 amide bonds. The first-order valence-electron chi connectivity index (χ1n) is 7.29. The van der Waals surface area contributed by atoms with Gasteiger partial charge in [-0.15, -0.1) is 11.6 Å². The predicted octanol–water partition coefficient (Wildman–Crippen LogP) is 3.25. The van der Waals surface area contributed by atoms with E-state index in [0.717, 1.165) is 30.5 Å². The molecule has 1 aromatic carbocycles. The lowest BCUT2D eigenvalue weighted by Gasteiger charge is -2.32. The van der Waals surface area contributed by atoms with Gasteiger partial charge in [0.05, 0.1) is 0 Å². The molecular weight excluding hydrogens is 258 g/mol. The van der Waals surface area contributed by atoms with Gasteiger partial charge in [-0.2, -0.15) is 0 Å². The van der Waals surface area contributed by atoms with E-state index in [1.54, 1.807) is 0 Å². The van der Waals surface area contributed by atoms with E-state index in [1.807, 2.05) is 0 Å². The van der Waals surface area contributed by atoms with Gasteiger partial charge in [-0.3, -0.25) is 4.90 Å². The standard InChI is InChI=1S/C16H22ClNO/c1-12-2-3-16-14(8-12)9-15(19-16)11-18-6-4-13(10-17)5-7-18/h2-3,8,13,15H,4-7,9-11H2,1H3. The fourth-order valence-corrected chi connectivity index (χ4v) is 3.47. The first kappa shape index (κ1) is 13.3. The van der Waals surface area contributed by atoms with Crippen LogP contribution in [0.1, 0.15) is 24.0 Å². The maximum absolute atomic E-state index is 6.05. The van der Waals surface area contributed by atoms with E-state index in [1.165, 1.54) is 37.1 Å². The van der Waals surface area contributed by atoms with Crippen molar-refractivity contribution in [3.8, 4) is 5.75 Å². The van der Waals surface area contributed by atoms with Crippen LogP contribution in [-0.4, -0.2) is 36.5 Å². The Balaban J connectivity index is 1.53. The van der Waals surface area contributed by atoms with E-state index in [2.05, 4.69) is 30.0 Å². The molecular formula is C16H22ClNO. The van der Waals surface area contributed by atoms with E-state index in [9.17, 15) is 0 Å². The van der Waals surface area contributed by atoms with Crippen molar-refractivity contribution >= 4 is 11.6 Å². The summed E-state index contributed by atoms with van der Waals surface area (Å²) in [7, 11) is 0. The second kappa shape index (κ2) is 5.72. The van der Waals surface area contributed by atoms with Gasteiger partial charge < -0.3 is 4.74 Å². The Morgan fingerprint density at radius 2 is 2.11 bits per heavy atom. The fourth-order valence-electron chi connectivity index (χ4n) is 3.16. The molecule has 1 fully saturated rings. The summed E-state index contributed by atoms with van der Waals surface area (Å²) in [5.74, 6) is 2.63. The normalized spacial score (nSPS) is 24.2. The van der Waals surface area contributed by atoms with Crippen LogP contribution in [0.5, 0.6) is 5.75 Å². The van der Waals surface area contributed by atoms with Crippen molar-refractivity contribution < 1.29 is 4.74 Å². The van der Waals surface area contributed by atoms with Crippen molar-refractivity contribution in [2.45, 2.75) is 32.3 Å². The molecule has 1 saturated heterocycles. The van der Waals surface area contributed by atoms with Gasteiger partial charge in [0.15, 0.2) is 0 Å². The van der Waals surface area contributed by atoms with E-state index < -0.39 is 0 Å². The summed E-state index contributed by atoms with van der Waals surface area (Å²) in [5, 5.41) is 0. The lowest BCUT2D eigenvalue weighted by Crippen LogP contribution is -2.40. The number of ether oxygens (including phenoxy) is 1. The number of aryl methyl sites for hydroxylation is 1. The molecule has 0 N–H and O–H groups in total. The number of benzene rings is 1. The molecule has 0 bridgehead atoms. The molecule has 0 spiro atoms. The monoisotopic (exact) mass is 279 g/mol. The van der Waals surface area contributed by atoms with Gasteiger partial charge in [-0.1, -0.05) is 17.7 Å². The Morgan fingerprint density at radius 1 is 1.32 bits per heavy atom. The lowest BCUT2D eigenvalue weighted by molar-refractivity contribution is 0.121. The molecule has 3 rings (SSSR count). The minimum absolute atomic E-state index is 0.337. The average Bonchev–Trinajstić information content (AvgIpc) is 2.81. The maximum Gasteiger partial charge on any atom is 0.123 e. The Hall–Kier alpha value is -0.730. The van der Waals surface area contributed by atoms with Crippen molar-refractivity contribution in [3.63, 3.8) is 0 Å². The lowest BCUT2D eigenvalue weighted by atomic mass is 9.98. The van der Waals surface area contributed by atoms with Crippen molar-refractivity contribution in [2.24, 2.45) is 5.92 Å². The molecule has 2 nitrogen and oxygen atoms in total. The zero-order chi connectivity index (χ0) is 13.2. The van der Waals surface area contributed by atoms with Crippen molar-refractivity contribution in [3.05, 3.63) is 29.3 Å². The minimum atomic E-state index is 0.337. The Kier molecular flexibility index (Phi) is 3.99. The number of hydrogen-bond donors (Lipinski definition) is 0. The molecule has 104 valence electrons. The molecule has 1 unspecified atom stereocenters. The summed E-state index contributed by atoms with van der Waals surface area (Å²) in [6.45, 7) is 5.55. The molecule has 0 aliphatic carbocycles. The largest absolute Gasteiger partial charge is 0.488 e. The SMILES string of the molecule is Cc1ccc2c(c1)CC(CN1CCC(CCl)CC1)O2. The molecule has 1 aromatic rings. The third-order valence-electron chi connectivity index (χ3n) is 4.34. The molecule has 0 saturated carbocycles. The second-order valence-corrected chi connectivity index (χ2v) is 6.26. The summed E-state index contributed by atoms with van der Waals surface area (Å²) in [6.07, 6.45) is 3.88. The molecule has 2 aliphatic heterocycles. The molecule has 1 atom stereocenters. The van der Waals surface area contributed by atoms with E-state index in [4.69, 9.17) is 16.3 Å². The molecule has 2 heterocycles. The summed E-state index contributed by atoms with van der Waals surface area (Å²) >= 11 is 5.93. The highest BCUT2D eigenvalue weighted by Gasteiger charge is 2.27. The number of hydrogen-bond acceptors (Lipinski definition) is 2. The van der Waals surface area contributed by atoms with Crippen LogP contribution in [0.25, 0.3) is 0 Å². The Bertz CT molecular complexity index is 440. The van der Waals surface area contributed by atoms with E-state index >= 15 is 0 Å². The maximum atomic E-state index is 6.05. The molecule has 19 heavy (non-hydrogen) atoms. The van der Waals surface area contributed by atoms with Gasteiger partial charge in [-0.25, -0.2) is 0 Å². The third kappa shape index (κ3) is 3.06. The van der Waals surface area contributed by atoms with Crippen LogP contribution in [-0.2, 0) is 6.42 Å². The van der Waals surface area contributed by atoms with Crippen molar-refractivity contribution in [1.82, 2.24) is 4.90 Å². The van der Waals surface area contributed by atoms with Gasteiger partial charge in [-0.05, 0) is 50.4 Å². The summed E-state index contributed by atoms with van der Waals surface area (Å²) in [6, 6.07) is 6.51. The summed E-state index contributed by atoms with van der Waals surface area (Å²) in [5.41, 5.74) is 2.70. The molecule has 3 heteroatoms. The highest BCUT2D eigenvalue weighted by molar-refractivity contribution is 6.18. The Labute approximate surface area is 120 Å². The Morgan fingerprint density at radius 3 is 2.84 bits per heavy atom. The number of alkyl halides is 1.